The summed E-state index contributed by atoms with van der Waals surface area (Å²) in [5.41, 5.74) is 7.13. The third kappa shape index (κ3) is 1.18. The van der Waals surface area contributed by atoms with Crippen LogP contribution in [-0.2, 0) is 7.05 Å². The van der Waals surface area contributed by atoms with Crippen LogP contribution in [-0.4, -0.2) is 4.57 Å². The molecule has 13 heavy (non-hydrogen) atoms. The van der Waals surface area contributed by atoms with E-state index in [2.05, 4.69) is 0 Å². The SMILES string of the molecule is Cn1ccc(=O)c2cc(N)ccc21. The maximum Gasteiger partial charge on any atom is 0.189 e. The summed E-state index contributed by atoms with van der Waals surface area (Å²) in [5.74, 6) is 0. The highest BCUT2D eigenvalue weighted by Gasteiger charge is 1.99. The molecule has 66 valence electrons. The molecule has 0 saturated heterocycles. The van der Waals surface area contributed by atoms with Gasteiger partial charge in [0, 0.05) is 30.4 Å². The largest absolute Gasteiger partial charge is 0.399 e. The summed E-state index contributed by atoms with van der Waals surface area (Å²) in [6.07, 6.45) is 1.75. The number of benzene rings is 1. The van der Waals surface area contributed by atoms with Gasteiger partial charge in [-0.25, -0.2) is 0 Å². The molecule has 0 saturated carbocycles. The average Bonchev–Trinajstić information content (AvgIpc) is 2.12. The van der Waals surface area contributed by atoms with Crippen molar-refractivity contribution in [1.29, 1.82) is 0 Å². The molecule has 2 rings (SSSR count). The van der Waals surface area contributed by atoms with Crippen LogP contribution in [0.5, 0.6) is 0 Å². The molecule has 0 fully saturated rings. The van der Waals surface area contributed by atoms with Crippen LogP contribution in [0.1, 0.15) is 0 Å². The summed E-state index contributed by atoms with van der Waals surface area (Å²) >= 11 is 0. The van der Waals surface area contributed by atoms with E-state index in [1.54, 1.807) is 24.4 Å². The quantitative estimate of drug-likeness (QED) is 0.608. The third-order valence-electron chi connectivity index (χ3n) is 2.12. The van der Waals surface area contributed by atoms with Crippen LogP contribution in [0.2, 0.25) is 0 Å². The number of hydrogen-bond donors (Lipinski definition) is 1. The third-order valence-corrected chi connectivity index (χ3v) is 2.12. The molecule has 0 aliphatic carbocycles. The van der Waals surface area contributed by atoms with Gasteiger partial charge < -0.3 is 10.3 Å². The van der Waals surface area contributed by atoms with E-state index in [1.165, 1.54) is 0 Å². The highest BCUT2D eigenvalue weighted by Crippen LogP contribution is 2.12. The van der Waals surface area contributed by atoms with Gasteiger partial charge in [-0.3, -0.25) is 4.79 Å². The van der Waals surface area contributed by atoms with Crippen LogP contribution >= 0.6 is 0 Å². The molecule has 1 heterocycles. The molecule has 0 amide bonds. The molecule has 0 unspecified atom stereocenters. The Labute approximate surface area is 75.4 Å². The molecule has 3 nitrogen and oxygen atoms in total. The number of aromatic nitrogens is 1. The molecule has 0 atom stereocenters. The summed E-state index contributed by atoms with van der Waals surface area (Å²) in [4.78, 5) is 11.4. The number of aryl methyl sites for hydroxylation is 1. The smallest absolute Gasteiger partial charge is 0.189 e. The summed E-state index contributed by atoms with van der Waals surface area (Å²) in [7, 11) is 1.90. The molecular formula is C10H10N2O. The molecular weight excluding hydrogens is 164 g/mol. The lowest BCUT2D eigenvalue weighted by molar-refractivity contribution is 0.951. The minimum absolute atomic E-state index is 0.0143. The lowest BCUT2D eigenvalue weighted by Gasteiger charge is -2.04. The lowest BCUT2D eigenvalue weighted by Crippen LogP contribution is -2.05. The number of nitrogen functional groups attached to an aromatic ring is 1. The Morgan fingerprint density at radius 2 is 2.08 bits per heavy atom. The molecule has 0 spiro atoms. The average molecular weight is 174 g/mol. The Morgan fingerprint density at radius 1 is 1.31 bits per heavy atom. The van der Waals surface area contributed by atoms with E-state index in [1.807, 2.05) is 17.7 Å². The zero-order chi connectivity index (χ0) is 9.42. The van der Waals surface area contributed by atoms with Gasteiger partial charge in [0.2, 0.25) is 0 Å². The van der Waals surface area contributed by atoms with Gasteiger partial charge in [-0.15, -0.1) is 0 Å². The topological polar surface area (TPSA) is 48.0 Å². The molecule has 1 aromatic carbocycles. The molecule has 0 aliphatic heterocycles. The Hall–Kier alpha value is -1.77. The van der Waals surface area contributed by atoms with Gasteiger partial charge in [-0.2, -0.15) is 0 Å². The number of hydrogen-bond acceptors (Lipinski definition) is 2. The summed E-state index contributed by atoms with van der Waals surface area (Å²) in [6.45, 7) is 0. The normalized spacial score (nSPS) is 10.5. The van der Waals surface area contributed by atoms with Gasteiger partial charge in [0.25, 0.3) is 0 Å². The van der Waals surface area contributed by atoms with Crippen LogP contribution in [0.15, 0.2) is 35.3 Å². The second-order valence-corrected chi connectivity index (χ2v) is 3.07. The maximum atomic E-state index is 11.4. The fraction of sp³-hybridized carbons (Fsp3) is 0.100. The monoisotopic (exact) mass is 174 g/mol. The zero-order valence-electron chi connectivity index (χ0n) is 7.32. The van der Waals surface area contributed by atoms with Gasteiger partial charge >= 0.3 is 0 Å². The fourth-order valence-corrected chi connectivity index (χ4v) is 1.41. The van der Waals surface area contributed by atoms with Crippen LogP contribution < -0.4 is 11.2 Å². The van der Waals surface area contributed by atoms with E-state index in [0.717, 1.165) is 5.52 Å². The lowest BCUT2D eigenvalue weighted by atomic mass is 10.2. The second-order valence-electron chi connectivity index (χ2n) is 3.07. The van der Waals surface area contributed by atoms with Gasteiger partial charge in [-0.05, 0) is 18.2 Å². The molecule has 0 radical (unpaired) electrons. The van der Waals surface area contributed by atoms with E-state index in [-0.39, 0.29) is 5.43 Å². The molecule has 3 heteroatoms. The predicted octanol–water partition coefficient (Wildman–Crippen LogP) is 1.12. The standard InChI is InChI=1S/C10H10N2O/c1-12-5-4-10(13)8-6-7(11)2-3-9(8)12/h2-6H,11H2,1H3. The van der Waals surface area contributed by atoms with E-state index in [4.69, 9.17) is 5.73 Å². The first kappa shape index (κ1) is 7.86. The van der Waals surface area contributed by atoms with Crippen LogP contribution in [0.3, 0.4) is 0 Å². The van der Waals surface area contributed by atoms with Crippen molar-refractivity contribution in [2.24, 2.45) is 7.05 Å². The second kappa shape index (κ2) is 2.62. The summed E-state index contributed by atoms with van der Waals surface area (Å²) < 4.78 is 1.90. The fourth-order valence-electron chi connectivity index (χ4n) is 1.41. The number of nitrogens with zero attached hydrogens (tertiary/aromatic N) is 1. The molecule has 0 aliphatic rings. The van der Waals surface area contributed by atoms with Crippen molar-refractivity contribution < 1.29 is 0 Å². The maximum absolute atomic E-state index is 11.4. The molecule has 2 N–H and O–H groups in total. The van der Waals surface area contributed by atoms with Gasteiger partial charge in [0.15, 0.2) is 5.43 Å². The van der Waals surface area contributed by atoms with E-state index < -0.39 is 0 Å². The van der Waals surface area contributed by atoms with Crippen LogP contribution in [0.4, 0.5) is 5.69 Å². The first-order valence-electron chi connectivity index (χ1n) is 4.03. The highest BCUT2D eigenvalue weighted by atomic mass is 16.1. The van der Waals surface area contributed by atoms with E-state index >= 15 is 0 Å². The van der Waals surface area contributed by atoms with Crippen LogP contribution in [0, 0.1) is 0 Å². The van der Waals surface area contributed by atoms with Crippen molar-refractivity contribution in [3.05, 3.63) is 40.7 Å². The Kier molecular flexibility index (Phi) is 1.59. The minimum Gasteiger partial charge on any atom is -0.399 e. The predicted molar refractivity (Wildman–Crippen MR) is 53.6 cm³/mol. The summed E-state index contributed by atoms with van der Waals surface area (Å²) in [5, 5.41) is 0.671. The molecule has 1 aromatic heterocycles. The Morgan fingerprint density at radius 3 is 2.85 bits per heavy atom. The number of pyridine rings is 1. The first-order chi connectivity index (χ1) is 6.18. The van der Waals surface area contributed by atoms with Gasteiger partial charge in [0.1, 0.15) is 0 Å². The number of rotatable bonds is 0. The van der Waals surface area contributed by atoms with Crippen molar-refractivity contribution in [2.45, 2.75) is 0 Å². The van der Waals surface area contributed by atoms with E-state index in [0.29, 0.717) is 11.1 Å². The molecule has 2 aromatic rings. The number of anilines is 1. The van der Waals surface area contributed by atoms with Crippen molar-refractivity contribution in [3.63, 3.8) is 0 Å². The van der Waals surface area contributed by atoms with Crippen LogP contribution in [0.25, 0.3) is 10.9 Å². The number of nitrogens with two attached hydrogens (primary N) is 1. The van der Waals surface area contributed by atoms with Crippen molar-refractivity contribution in [1.82, 2.24) is 4.57 Å². The number of fused-ring (bicyclic) bond motifs is 1. The van der Waals surface area contributed by atoms with Crippen molar-refractivity contribution in [2.75, 3.05) is 5.73 Å². The Balaban J connectivity index is 3.01. The zero-order valence-corrected chi connectivity index (χ0v) is 7.32. The van der Waals surface area contributed by atoms with Crippen molar-refractivity contribution >= 4 is 16.6 Å². The summed E-state index contributed by atoms with van der Waals surface area (Å²) in [6, 6.07) is 6.90. The first-order valence-corrected chi connectivity index (χ1v) is 4.03. The van der Waals surface area contributed by atoms with Gasteiger partial charge in [-0.1, -0.05) is 0 Å². The highest BCUT2D eigenvalue weighted by molar-refractivity contribution is 5.81. The minimum atomic E-state index is 0.0143. The Bertz CT molecular complexity index is 514. The van der Waals surface area contributed by atoms with Gasteiger partial charge in [0.05, 0.1) is 5.52 Å². The molecule has 0 bridgehead atoms. The van der Waals surface area contributed by atoms with Crippen molar-refractivity contribution in [3.8, 4) is 0 Å². The van der Waals surface area contributed by atoms with E-state index in [9.17, 15) is 4.79 Å².